The molecule has 15 heavy (non-hydrogen) atoms. The van der Waals surface area contributed by atoms with Crippen molar-refractivity contribution in [1.82, 2.24) is 0 Å². The molecule has 0 saturated heterocycles. The molecule has 0 spiro atoms. The summed E-state index contributed by atoms with van der Waals surface area (Å²) >= 11 is 0. The predicted octanol–water partition coefficient (Wildman–Crippen LogP) is 3.11. The Bertz CT molecular complexity index is 295. The summed E-state index contributed by atoms with van der Waals surface area (Å²) in [7, 11) is 0. The van der Waals surface area contributed by atoms with Crippen molar-refractivity contribution in [3.8, 4) is 0 Å². The van der Waals surface area contributed by atoms with Gasteiger partial charge in [0.25, 0.3) is 0 Å². The molecule has 2 rings (SSSR count). The van der Waals surface area contributed by atoms with Crippen LogP contribution in [0.2, 0.25) is 0 Å². The Hall–Kier alpha value is -0.860. The van der Waals surface area contributed by atoms with Gasteiger partial charge in [0.05, 0.1) is 13.2 Å². The maximum absolute atomic E-state index is 5.76. The number of ether oxygens (including phenoxy) is 2. The molecule has 1 aliphatic rings. The molecule has 0 aromatic heterocycles. The van der Waals surface area contributed by atoms with Gasteiger partial charge in [0.1, 0.15) is 0 Å². The molecular formula is C13H18O2. The third-order valence-corrected chi connectivity index (χ3v) is 3.03. The Morgan fingerprint density at radius 1 is 1.20 bits per heavy atom. The summed E-state index contributed by atoms with van der Waals surface area (Å²) in [5.74, 6) is 0.458. The molecule has 0 radical (unpaired) electrons. The van der Waals surface area contributed by atoms with Gasteiger partial charge in [-0.05, 0) is 17.5 Å². The molecule has 1 aliphatic heterocycles. The molecule has 1 heterocycles. The van der Waals surface area contributed by atoms with Crippen molar-refractivity contribution in [2.75, 3.05) is 0 Å². The minimum absolute atomic E-state index is 0.0533. The first-order valence-electron chi connectivity index (χ1n) is 5.61. The average Bonchev–Trinajstić information content (AvgIpc) is 2.50. The number of rotatable bonds is 2. The molecule has 82 valence electrons. The fourth-order valence-corrected chi connectivity index (χ4v) is 1.75. The van der Waals surface area contributed by atoms with Gasteiger partial charge < -0.3 is 9.47 Å². The zero-order chi connectivity index (χ0) is 10.7. The Labute approximate surface area is 91.2 Å². The van der Waals surface area contributed by atoms with E-state index in [0.717, 1.165) is 6.42 Å². The van der Waals surface area contributed by atoms with Gasteiger partial charge in [0.15, 0.2) is 6.29 Å². The van der Waals surface area contributed by atoms with Crippen molar-refractivity contribution in [3.05, 3.63) is 35.4 Å². The van der Waals surface area contributed by atoms with Crippen LogP contribution in [-0.4, -0.2) is 6.29 Å². The zero-order valence-corrected chi connectivity index (χ0v) is 9.40. The van der Waals surface area contributed by atoms with E-state index in [-0.39, 0.29) is 6.29 Å². The second-order valence-electron chi connectivity index (χ2n) is 4.14. The van der Waals surface area contributed by atoms with Crippen LogP contribution in [-0.2, 0) is 22.7 Å². The van der Waals surface area contributed by atoms with E-state index in [1.807, 2.05) is 12.1 Å². The maximum atomic E-state index is 5.76. The van der Waals surface area contributed by atoms with E-state index >= 15 is 0 Å². The van der Waals surface area contributed by atoms with E-state index in [0.29, 0.717) is 19.1 Å². The summed E-state index contributed by atoms with van der Waals surface area (Å²) < 4.78 is 11.5. The zero-order valence-electron chi connectivity index (χ0n) is 9.40. The number of hydrogen-bond acceptors (Lipinski definition) is 2. The number of fused-ring (bicyclic) bond motifs is 1. The first kappa shape index (κ1) is 10.7. The van der Waals surface area contributed by atoms with E-state index in [1.165, 1.54) is 11.1 Å². The highest BCUT2D eigenvalue weighted by Crippen LogP contribution is 2.22. The summed E-state index contributed by atoms with van der Waals surface area (Å²) in [6.45, 7) is 5.67. The van der Waals surface area contributed by atoms with Crippen LogP contribution < -0.4 is 0 Å². The minimum atomic E-state index is -0.0533. The van der Waals surface area contributed by atoms with Crippen molar-refractivity contribution >= 4 is 0 Å². The van der Waals surface area contributed by atoms with Gasteiger partial charge in [0, 0.05) is 5.92 Å². The summed E-state index contributed by atoms with van der Waals surface area (Å²) in [5.41, 5.74) is 2.51. The van der Waals surface area contributed by atoms with Crippen LogP contribution in [0.5, 0.6) is 0 Å². The van der Waals surface area contributed by atoms with Gasteiger partial charge in [-0.1, -0.05) is 38.1 Å². The van der Waals surface area contributed by atoms with Crippen LogP contribution in [0.3, 0.4) is 0 Å². The minimum Gasteiger partial charge on any atom is -0.348 e. The van der Waals surface area contributed by atoms with Crippen molar-refractivity contribution in [3.63, 3.8) is 0 Å². The molecule has 0 amide bonds. The third-order valence-electron chi connectivity index (χ3n) is 3.03. The van der Waals surface area contributed by atoms with Crippen LogP contribution >= 0.6 is 0 Å². The normalized spacial score (nSPS) is 19.3. The topological polar surface area (TPSA) is 18.5 Å². The maximum Gasteiger partial charge on any atom is 0.160 e. The molecule has 1 atom stereocenters. The molecule has 0 fully saturated rings. The highest BCUT2D eigenvalue weighted by Gasteiger charge is 2.21. The first-order valence-corrected chi connectivity index (χ1v) is 5.61. The van der Waals surface area contributed by atoms with Crippen molar-refractivity contribution in [2.45, 2.75) is 39.8 Å². The lowest BCUT2D eigenvalue weighted by molar-refractivity contribution is -0.175. The summed E-state index contributed by atoms with van der Waals surface area (Å²) in [6.07, 6.45) is 1.03. The summed E-state index contributed by atoms with van der Waals surface area (Å²) in [6, 6.07) is 8.31. The largest absolute Gasteiger partial charge is 0.348 e. The lowest BCUT2D eigenvalue weighted by Crippen LogP contribution is -2.22. The summed E-state index contributed by atoms with van der Waals surface area (Å²) in [4.78, 5) is 0. The highest BCUT2D eigenvalue weighted by atomic mass is 16.7. The van der Waals surface area contributed by atoms with Gasteiger partial charge in [-0.3, -0.25) is 0 Å². The fraction of sp³-hybridized carbons (Fsp3) is 0.538. The van der Waals surface area contributed by atoms with Gasteiger partial charge in [0.2, 0.25) is 0 Å². The fourth-order valence-electron chi connectivity index (χ4n) is 1.75. The molecule has 1 aromatic carbocycles. The van der Waals surface area contributed by atoms with Crippen molar-refractivity contribution in [1.29, 1.82) is 0 Å². The Morgan fingerprint density at radius 3 is 2.20 bits per heavy atom. The van der Waals surface area contributed by atoms with Crippen LogP contribution in [0.25, 0.3) is 0 Å². The van der Waals surface area contributed by atoms with Crippen molar-refractivity contribution < 1.29 is 9.47 Å². The lowest BCUT2D eigenvalue weighted by atomic mass is 10.1. The van der Waals surface area contributed by atoms with E-state index in [1.54, 1.807) is 0 Å². The van der Waals surface area contributed by atoms with E-state index in [4.69, 9.17) is 9.47 Å². The standard InChI is InChI=1S/C13H18O2/c1-3-10(2)13-14-8-11-6-4-5-7-12(11)9-15-13/h4-7,10,13H,3,8-9H2,1-2H3/t10-/m0/s1. The Kier molecular flexibility index (Phi) is 3.39. The second-order valence-corrected chi connectivity index (χ2v) is 4.14. The van der Waals surface area contributed by atoms with Crippen LogP contribution in [0, 0.1) is 5.92 Å². The lowest BCUT2D eigenvalue weighted by Gasteiger charge is -2.20. The van der Waals surface area contributed by atoms with Crippen LogP contribution in [0.4, 0.5) is 0 Å². The molecule has 0 saturated carbocycles. The molecule has 1 aromatic rings. The summed E-state index contributed by atoms with van der Waals surface area (Å²) in [5, 5.41) is 0. The van der Waals surface area contributed by atoms with E-state index in [9.17, 15) is 0 Å². The average molecular weight is 206 g/mol. The van der Waals surface area contributed by atoms with Gasteiger partial charge in [-0.15, -0.1) is 0 Å². The molecule has 0 N–H and O–H groups in total. The van der Waals surface area contributed by atoms with Gasteiger partial charge in [-0.2, -0.15) is 0 Å². The van der Waals surface area contributed by atoms with Crippen molar-refractivity contribution in [2.24, 2.45) is 5.92 Å². The van der Waals surface area contributed by atoms with Gasteiger partial charge >= 0.3 is 0 Å². The second kappa shape index (κ2) is 4.77. The third kappa shape index (κ3) is 2.39. The molecule has 2 nitrogen and oxygen atoms in total. The smallest absolute Gasteiger partial charge is 0.160 e. The van der Waals surface area contributed by atoms with E-state index in [2.05, 4.69) is 26.0 Å². The first-order chi connectivity index (χ1) is 7.31. The molecule has 2 heteroatoms. The van der Waals surface area contributed by atoms with Crippen LogP contribution in [0.15, 0.2) is 24.3 Å². The monoisotopic (exact) mass is 206 g/mol. The number of hydrogen-bond donors (Lipinski definition) is 0. The van der Waals surface area contributed by atoms with Gasteiger partial charge in [-0.25, -0.2) is 0 Å². The van der Waals surface area contributed by atoms with Crippen LogP contribution in [0.1, 0.15) is 31.4 Å². The van der Waals surface area contributed by atoms with E-state index < -0.39 is 0 Å². The Morgan fingerprint density at radius 2 is 1.73 bits per heavy atom. The Balaban J connectivity index is 2.08. The molecular weight excluding hydrogens is 188 g/mol. The predicted molar refractivity (Wildman–Crippen MR) is 59.3 cm³/mol. The SMILES string of the molecule is CC[C@H](C)C1OCc2ccccc2CO1. The molecule has 0 aliphatic carbocycles. The molecule has 0 bridgehead atoms. The number of benzene rings is 1. The highest BCUT2D eigenvalue weighted by molar-refractivity contribution is 5.26. The molecule has 0 unspecified atom stereocenters. The quantitative estimate of drug-likeness (QED) is 0.740.